The Morgan fingerprint density at radius 3 is 2.65 bits per heavy atom. The summed E-state index contributed by atoms with van der Waals surface area (Å²) < 4.78 is 0. The molecule has 0 amide bonds. The summed E-state index contributed by atoms with van der Waals surface area (Å²) in [6, 6.07) is 2.61. The van der Waals surface area contributed by atoms with E-state index in [1.807, 2.05) is 12.3 Å². The van der Waals surface area contributed by atoms with Gasteiger partial charge in [-0.15, -0.1) is 0 Å². The average molecular weight is 329 g/mol. The Morgan fingerprint density at radius 1 is 1.30 bits per heavy atom. The van der Waals surface area contributed by atoms with Crippen molar-refractivity contribution in [1.29, 1.82) is 5.26 Å². The van der Waals surface area contributed by atoms with Gasteiger partial charge in [0.2, 0.25) is 11.9 Å². The number of anilines is 2. The van der Waals surface area contributed by atoms with E-state index in [1.165, 1.54) is 24.6 Å². The molecule has 0 saturated heterocycles. The van der Waals surface area contributed by atoms with E-state index < -0.39 is 0 Å². The van der Waals surface area contributed by atoms with E-state index in [4.69, 9.17) is 0 Å². The van der Waals surface area contributed by atoms with Gasteiger partial charge in [-0.05, 0) is 25.2 Å². The molecular weight excluding hydrogens is 310 g/mol. The maximum atomic E-state index is 9.54. The lowest BCUT2D eigenvalue weighted by Gasteiger charge is -2.13. The molecule has 0 aromatic carbocycles. The third-order valence-corrected chi connectivity index (χ3v) is 4.79. The molecule has 1 aliphatic carbocycles. The molecule has 1 fully saturated rings. The highest BCUT2D eigenvalue weighted by molar-refractivity contribution is 8.06. The lowest BCUT2D eigenvalue weighted by atomic mass is 10.2. The molecule has 8 heteroatoms. The third kappa shape index (κ3) is 3.56. The Balaban J connectivity index is 1.93. The van der Waals surface area contributed by atoms with Gasteiger partial charge in [0.1, 0.15) is 11.6 Å². The van der Waals surface area contributed by atoms with Crippen LogP contribution in [0, 0.1) is 11.3 Å². The number of nitrogens with zero attached hydrogens (tertiary/aromatic N) is 4. The zero-order valence-electron chi connectivity index (χ0n) is 13.2. The van der Waals surface area contributed by atoms with Crippen LogP contribution in [0.4, 0.5) is 11.9 Å². The van der Waals surface area contributed by atoms with Crippen LogP contribution in [0.2, 0.25) is 0 Å². The summed E-state index contributed by atoms with van der Waals surface area (Å²) >= 11 is 1.47. The molecular formula is C15H19N7S. The van der Waals surface area contributed by atoms with E-state index in [1.54, 1.807) is 7.05 Å². The second kappa shape index (κ2) is 6.87. The minimum Gasteiger partial charge on any atom is -0.357 e. The lowest BCUT2D eigenvalue weighted by molar-refractivity contribution is 0.741. The normalized spacial score (nSPS) is 19.8. The second-order valence-corrected chi connectivity index (χ2v) is 6.42. The lowest BCUT2D eigenvalue weighted by Crippen LogP contribution is -2.18. The Bertz CT molecular complexity index is 698. The molecule has 0 radical (unpaired) electrons. The first kappa shape index (κ1) is 15.6. The highest BCUT2D eigenvalue weighted by Crippen LogP contribution is 2.30. The molecule has 0 atom stereocenters. The summed E-state index contributed by atoms with van der Waals surface area (Å²) in [5.41, 5.74) is 1.43. The van der Waals surface area contributed by atoms with Crippen LogP contribution in [0.1, 0.15) is 38.4 Å². The fourth-order valence-electron chi connectivity index (χ4n) is 2.63. The molecule has 120 valence electrons. The monoisotopic (exact) mass is 329 g/mol. The van der Waals surface area contributed by atoms with Crippen molar-refractivity contribution in [2.75, 3.05) is 17.7 Å². The maximum Gasteiger partial charge on any atom is 0.228 e. The van der Waals surface area contributed by atoms with Gasteiger partial charge in [0.25, 0.3) is 0 Å². The minimum atomic E-state index is 0.380. The average Bonchev–Trinajstić information content (AvgIpc) is 3.20. The fourth-order valence-corrected chi connectivity index (χ4v) is 3.45. The van der Waals surface area contributed by atoms with Gasteiger partial charge >= 0.3 is 0 Å². The summed E-state index contributed by atoms with van der Waals surface area (Å²) in [5.74, 6) is 1.36. The van der Waals surface area contributed by atoms with Gasteiger partial charge in [0.15, 0.2) is 5.82 Å². The molecule has 1 aliphatic heterocycles. The van der Waals surface area contributed by atoms with Gasteiger partial charge in [0, 0.05) is 18.8 Å². The number of nitriles is 1. The molecule has 0 unspecified atom stereocenters. The number of nitrogens with one attached hydrogen (secondary N) is 3. The van der Waals surface area contributed by atoms with Crippen LogP contribution in [0.25, 0.3) is 5.57 Å². The highest BCUT2D eigenvalue weighted by Gasteiger charge is 2.20. The molecule has 0 bridgehead atoms. The van der Waals surface area contributed by atoms with Crippen molar-refractivity contribution in [3.8, 4) is 6.07 Å². The summed E-state index contributed by atoms with van der Waals surface area (Å²) in [6.45, 7) is 1.95. The summed E-state index contributed by atoms with van der Waals surface area (Å²) in [5, 5.41) is 21.7. The standard InChI is InChI=1S/C15H19N7S/c1-9-8-23-13(18-9)11(7-16)12-20-14(17-2)22-15(21-12)19-10-5-3-4-6-10/h8,10,18H,3-6H2,1-2H3,(H2,17,19,20,21,22)/b13-11-. The van der Waals surface area contributed by atoms with Gasteiger partial charge in [0.05, 0.1) is 5.03 Å². The number of thioether (sulfide) groups is 1. The number of aromatic nitrogens is 3. The zero-order chi connectivity index (χ0) is 16.2. The van der Waals surface area contributed by atoms with Crippen molar-refractivity contribution >= 4 is 29.2 Å². The van der Waals surface area contributed by atoms with E-state index >= 15 is 0 Å². The first-order valence-corrected chi connectivity index (χ1v) is 8.53. The van der Waals surface area contributed by atoms with Gasteiger partial charge < -0.3 is 16.0 Å². The molecule has 1 aromatic rings. The summed E-state index contributed by atoms with van der Waals surface area (Å²) in [6.07, 6.45) is 4.71. The van der Waals surface area contributed by atoms with Crippen LogP contribution in [0.15, 0.2) is 16.1 Å². The number of hydrogen-bond acceptors (Lipinski definition) is 8. The van der Waals surface area contributed by atoms with Crippen molar-refractivity contribution in [2.24, 2.45) is 0 Å². The Labute approximate surface area is 139 Å². The largest absolute Gasteiger partial charge is 0.357 e. The van der Waals surface area contributed by atoms with Crippen LogP contribution in [0.3, 0.4) is 0 Å². The van der Waals surface area contributed by atoms with Gasteiger partial charge in [-0.2, -0.15) is 20.2 Å². The van der Waals surface area contributed by atoms with E-state index in [0.717, 1.165) is 23.6 Å². The van der Waals surface area contributed by atoms with Crippen LogP contribution in [0.5, 0.6) is 0 Å². The van der Waals surface area contributed by atoms with E-state index in [0.29, 0.717) is 29.3 Å². The van der Waals surface area contributed by atoms with Crippen molar-refractivity contribution in [3.63, 3.8) is 0 Å². The topological polar surface area (TPSA) is 98.5 Å². The molecule has 3 rings (SSSR count). The van der Waals surface area contributed by atoms with Gasteiger partial charge in [-0.1, -0.05) is 24.6 Å². The number of rotatable bonds is 4. The van der Waals surface area contributed by atoms with Crippen molar-refractivity contribution < 1.29 is 0 Å². The minimum absolute atomic E-state index is 0.380. The fraction of sp³-hybridized carbons (Fsp3) is 0.467. The smallest absolute Gasteiger partial charge is 0.228 e. The third-order valence-electron chi connectivity index (χ3n) is 3.77. The van der Waals surface area contributed by atoms with Crippen LogP contribution in [-0.2, 0) is 0 Å². The molecule has 2 heterocycles. The molecule has 1 saturated carbocycles. The molecule has 23 heavy (non-hydrogen) atoms. The van der Waals surface area contributed by atoms with Gasteiger partial charge in [-0.25, -0.2) is 0 Å². The number of hydrogen-bond donors (Lipinski definition) is 3. The quantitative estimate of drug-likeness (QED) is 0.725. The summed E-state index contributed by atoms with van der Waals surface area (Å²) in [4.78, 5) is 13.1. The van der Waals surface area contributed by atoms with Gasteiger partial charge in [-0.3, -0.25) is 0 Å². The predicted octanol–water partition coefficient (Wildman–Crippen LogP) is 2.66. The second-order valence-electron chi connectivity index (χ2n) is 5.54. The molecule has 3 N–H and O–H groups in total. The number of allylic oxidation sites excluding steroid dienone is 2. The van der Waals surface area contributed by atoms with Crippen LogP contribution in [-0.4, -0.2) is 28.0 Å². The molecule has 1 aromatic heterocycles. The molecule has 0 spiro atoms. The maximum absolute atomic E-state index is 9.54. The first-order chi connectivity index (χ1) is 11.2. The zero-order valence-corrected chi connectivity index (χ0v) is 14.0. The van der Waals surface area contributed by atoms with E-state index in [9.17, 15) is 5.26 Å². The molecule has 2 aliphatic rings. The predicted molar refractivity (Wildman–Crippen MR) is 92.3 cm³/mol. The molecule has 7 nitrogen and oxygen atoms in total. The van der Waals surface area contributed by atoms with E-state index in [2.05, 4.69) is 37.0 Å². The van der Waals surface area contributed by atoms with Crippen molar-refractivity contribution in [3.05, 3.63) is 22.0 Å². The first-order valence-electron chi connectivity index (χ1n) is 7.65. The SMILES string of the molecule is CNc1nc(NC2CCCC2)nc(/C(C#N)=C2/NC(C)=CS2)n1. The van der Waals surface area contributed by atoms with Crippen molar-refractivity contribution in [2.45, 2.75) is 38.6 Å². The van der Waals surface area contributed by atoms with Crippen LogP contribution >= 0.6 is 11.8 Å². The van der Waals surface area contributed by atoms with E-state index in [-0.39, 0.29) is 0 Å². The summed E-state index contributed by atoms with van der Waals surface area (Å²) in [7, 11) is 1.76. The Hall–Kier alpha value is -2.27. The highest BCUT2D eigenvalue weighted by atomic mass is 32.2. The van der Waals surface area contributed by atoms with Crippen LogP contribution < -0.4 is 16.0 Å². The Kier molecular flexibility index (Phi) is 4.67. The Morgan fingerprint density at radius 2 is 2.04 bits per heavy atom. The van der Waals surface area contributed by atoms with Crippen molar-refractivity contribution in [1.82, 2.24) is 20.3 Å².